The molecule has 0 aliphatic carbocycles. The molecule has 0 saturated heterocycles. The average molecular weight is 475 g/mol. The monoisotopic (exact) mass is 474 g/mol. The van der Waals surface area contributed by atoms with Crippen LogP contribution in [0.1, 0.15) is 16.7 Å². The van der Waals surface area contributed by atoms with E-state index in [1.807, 2.05) is 57.2 Å². The molecule has 0 spiro atoms. The Morgan fingerprint density at radius 1 is 0.853 bits per heavy atom. The van der Waals surface area contributed by atoms with Gasteiger partial charge in [-0.25, -0.2) is 4.90 Å². The van der Waals surface area contributed by atoms with Crippen molar-refractivity contribution < 1.29 is 19.1 Å². The molecule has 3 aromatic rings. The van der Waals surface area contributed by atoms with Crippen molar-refractivity contribution in [2.24, 2.45) is 0 Å². The number of hydrogen-bond donors (Lipinski definition) is 1. The molecule has 1 aliphatic rings. The van der Waals surface area contributed by atoms with Gasteiger partial charge in [0.25, 0.3) is 11.8 Å². The second kappa shape index (κ2) is 9.65. The lowest BCUT2D eigenvalue weighted by Gasteiger charge is -2.19. The van der Waals surface area contributed by atoms with Gasteiger partial charge in [-0.3, -0.25) is 9.59 Å². The highest BCUT2D eigenvalue weighted by atomic mass is 32.2. The van der Waals surface area contributed by atoms with Crippen LogP contribution < -0.4 is 19.7 Å². The predicted molar refractivity (Wildman–Crippen MR) is 136 cm³/mol. The maximum absolute atomic E-state index is 13.7. The van der Waals surface area contributed by atoms with Gasteiger partial charge in [0.2, 0.25) is 0 Å². The maximum atomic E-state index is 13.7. The molecule has 0 radical (unpaired) electrons. The van der Waals surface area contributed by atoms with E-state index in [1.54, 1.807) is 38.5 Å². The summed E-state index contributed by atoms with van der Waals surface area (Å²) in [6.45, 7) is 5.87. The van der Waals surface area contributed by atoms with Crippen LogP contribution in [0.2, 0.25) is 0 Å². The minimum Gasteiger partial charge on any atom is -0.497 e. The van der Waals surface area contributed by atoms with Gasteiger partial charge >= 0.3 is 0 Å². The largest absolute Gasteiger partial charge is 0.497 e. The van der Waals surface area contributed by atoms with Crippen LogP contribution in [0.4, 0.5) is 11.4 Å². The van der Waals surface area contributed by atoms with Gasteiger partial charge in [-0.2, -0.15) is 0 Å². The number of carbonyl (C=O) groups is 2. The lowest BCUT2D eigenvalue weighted by Crippen LogP contribution is -2.33. The van der Waals surface area contributed by atoms with Crippen molar-refractivity contribution in [3.8, 4) is 11.5 Å². The molecular weight excluding hydrogens is 448 g/mol. The first-order valence-electron chi connectivity index (χ1n) is 10.8. The summed E-state index contributed by atoms with van der Waals surface area (Å²) in [6, 6.07) is 18.7. The lowest BCUT2D eigenvalue weighted by atomic mass is 10.1. The van der Waals surface area contributed by atoms with Crippen molar-refractivity contribution in [3.05, 3.63) is 88.0 Å². The Morgan fingerprint density at radius 2 is 1.59 bits per heavy atom. The van der Waals surface area contributed by atoms with Crippen molar-refractivity contribution in [3.63, 3.8) is 0 Å². The molecule has 1 aliphatic heterocycles. The molecule has 0 bridgehead atoms. The van der Waals surface area contributed by atoms with Crippen molar-refractivity contribution in [1.82, 2.24) is 0 Å². The Kier molecular flexibility index (Phi) is 6.65. The molecular formula is C27H26N2O4S. The number of benzene rings is 3. The molecule has 2 amide bonds. The van der Waals surface area contributed by atoms with Gasteiger partial charge in [-0.05, 0) is 62.2 Å². The van der Waals surface area contributed by atoms with E-state index >= 15 is 0 Å². The highest BCUT2D eigenvalue weighted by Gasteiger charge is 2.41. The van der Waals surface area contributed by atoms with E-state index in [4.69, 9.17) is 9.47 Å². The molecule has 0 atom stereocenters. The number of carbonyl (C=O) groups excluding carboxylic acids is 2. The zero-order valence-electron chi connectivity index (χ0n) is 19.8. The SMILES string of the molecule is COc1ccc(NC2=C(Sc3ccc(C)cc3)C(=O)N(c3cccc(C)c3C)C2=O)c(OC)c1. The van der Waals surface area contributed by atoms with E-state index in [0.29, 0.717) is 27.8 Å². The van der Waals surface area contributed by atoms with Crippen LogP contribution in [0.3, 0.4) is 0 Å². The summed E-state index contributed by atoms with van der Waals surface area (Å²) in [5.74, 6) is 0.346. The van der Waals surface area contributed by atoms with Gasteiger partial charge in [-0.1, -0.05) is 41.6 Å². The number of ether oxygens (including phenoxy) is 2. The Morgan fingerprint density at radius 3 is 2.26 bits per heavy atom. The second-order valence-corrected chi connectivity index (χ2v) is 9.06. The molecule has 0 saturated carbocycles. The van der Waals surface area contributed by atoms with Gasteiger partial charge in [0, 0.05) is 11.0 Å². The molecule has 3 aromatic carbocycles. The topological polar surface area (TPSA) is 67.9 Å². The summed E-state index contributed by atoms with van der Waals surface area (Å²) < 4.78 is 10.8. The van der Waals surface area contributed by atoms with E-state index in [1.165, 1.54) is 16.7 Å². The van der Waals surface area contributed by atoms with E-state index < -0.39 is 5.91 Å². The van der Waals surface area contributed by atoms with Crippen LogP contribution in [-0.2, 0) is 9.59 Å². The summed E-state index contributed by atoms with van der Waals surface area (Å²) in [5.41, 5.74) is 4.35. The van der Waals surface area contributed by atoms with Crippen LogP contribution in [0.5, 0.6) is 11.5 Å². The van der Waals surface area contributed by atoms with Gasteiger partial charge in [0.05, 0.1) is 25.6 Å². The van der Waals surface area contributed by atoms with E-state index in [9.17, 15) is 9.59 Å². The van der Waals surface area contributed by atoms with Crippen LogP contribution in [0, 0.1) is 20.8 Å². The molecule has 0 unspecified atom stereocenters. The molecule has 0 fully saturated rings. The third-order valence-corrected chi connectivity index (χ3v) is 6.86. The van der Waals surface area contributed by atoms with Crippen molar-refractivity contribution in [2.75, 3.05) is 24.4 Å². The highest BCUT2D eigenvalue weighted by Crippen LogP contribution is 2.40. The number of amides is 2. The molecule has 1 heterocycles. The minimum absolute atomic E-state index is 0.208. The van der Waals surface area contributed by atoms with Crippen LogP contribution in [-0.4, -0.2) is 26.0 Å². The first-order chi connectivity index (χ1) is 16.3. The number of hydrogen-bond acceptors (Lipinski definition) is 6. The van der Waals surface area contributed by atoms with Crippen LogP contribution >= 0.6 is 11.8 Å². The summed E-state index contributed by atoms with van der Waals surface area (Å²) >= 11 is 1.27. The fourth-order valence-electron chi connectivity index (χ4n) is 3.67. The maximum Gasteiger partial charge on any atom is 0.283 e. The number of anilines is 2. The Labute approximate surface area is 203 Å². The first kappa shape index (κ1) is 23.4. The average Bonchev–Trinajstić information content (AvgIpc) is 3.06. The normalized spacial score (nSPS) is 13.5. The molecule has 0 aromatic heterocycles. The smallest absolute Gasteiger partial charge is 0.283 e. The van der Waals surface area contributed by atoms with Crippen LogP contribution in [0.15, 0.2) is 76.2 Å². The number of rotatable bonds is 7. The number of nitrogens with one attached hydrogen (secondary N) is 1. The third kappa shape index (κ3) is 4.39. The van der Waals surface area contributed by atoms with Crippen molar-refractivity contribution in [1.29, 1.82) is 0 Å². The number of nitrogens with zero attached hydrogens (tertiary/aromatic N) is 1. The first-order valence-corrected chi connectivity index (χ1v) is 11.6. The van der Waals surface area contributed by atoms with Gasteiger partial charge < -0.3 is 14.8 Å². The van der Waals surface area contributed by atoms with Gasteiger partial charge in [0.1, 0.15) is 22.1 Å². The quantitative estimate of drug-likeness (QED) is 0.449. The Balaban J connectivity index is 1.79. The predicted octanol–water partition coefficient (Wildman–Crippen LogP) is 5.62. The highest BCUT2D eigenvalue weighted by molar-refractivity contribution is 8.04. The number of thioether (sulfide) groups is 1. The van der Waals surface area contributed by atoms with E-state index in [2.05, 4.69) is 5.32 Å². The molecule has 1 N–H and O–H groups in total. The number of aryl methyl sites for hydroxylation is 2. The molecule has 34 heavy (non-hydrogen) atoms. The summed E-state index contributed by atoms with van der Waals surface area (Å²) in [5, 5.41) is 3.17. The zero-order chi connectivity index (χ0) is 24.4. The van der Waals surface area contributed by atoms with Crippen LogP contribution in [0.25, 0.3) is 0 Å². The minimum atomic E-state index is -0.411. The van der Waals surface area contributed by atoms with E-state index in [0.717, 1.165) is 21.6 Å². The van der Waals surface area contributed by atoms with Gasteiger partial charge in [-0.15, -0.1) is 0 Å². The summed E-state index contributed by atoms with van der Waals surface area (Å²) in [7, 11) is 3.11. The number of imide groups is 1. The van der Waals surface area contributed by atoms with E-state index in [-0.39, 0.29) is 11.6 Å². The Hall–Kier alpha value is -3.71. The van der Waals surface area contributed by atoms with Crippen molar-refractivity contribution >= 4 is 35.0 Å². The zero-order valence-corrected chi connectivity index (χ0v) is 20.6. The second-order valence-electron chi connectivity index (χ2n) is 7.98. The third-order valence-electron chi connectivity index (χ3n) is 5.77. The summed E-state index contributed by atoms with van der Waals surface area (Å²) in [6.07, 6.45) is 0. The Bertz CT molecular complexity index is 1300. The lowest BCUT2D eigenvalue weighted by molar-refractivity contribution is -0.120. The summed E-state index contributed by atoms with van der Waals surface area (Å²) in [4.78, 5) is 29.7. The standard InChI is InChI=1S/C27H26N2O4S/c1-16-9-12-20(13-10-16)34-25-24(28-21-14-11-19(32-4)15-23(21)33-5)26(30)29(27(25)31)22-8-6-7-17(2)18(22)3/h6-15,28H,1-5H3. The molecule has 7 heteroatoms. The fourth-order valence-corrected chi connectivity index (χ4v) is 4.60. The molecule has 4 rings (SSSR count). The molecule has 6 nitrogen and oxygen atoms in total. The fraction of sp³-hybridized carbons (Fsp3) is 0.185. The molecule has 174 valence electrons. The van der Waals surface area contributed by atoms with Crippen molar-refractivity contribution in [2.45, 2.75) is 25.7 Å². The van der Waals surface area contributed by atoms with Gasteiger partial charge in [0.15, 0.2) is 0 Å². The number of methoxy groups -OCH3 is 2.